The maximum atomic E-state index is 12.8. The summed E-state index contributed by atoms with van der Waals surface area (Å²) in [5, 5.41) is 5.82. The predicted octanol–water partition coefficient (Wildman–Crippen LogP) is 3.96. The molecule has 0 amide bonds. The SMILES string of the molecule is Cn1cc(CCOC(=O)c2csc(-c3cccc(C(F)(F)F)c3)n2)cn1. The first kappa shape index (κ1) is 18.1. The molecule has 0 N–H and O–H groups in total. The molecule has 0 aliphatic carbocycles. The van der Waals surface area contributed by atoms with Gasteiger partial charge in [-0.2, -0.15) is 18.3 Å². The smallest absolute Gasteiger partial charge is 0.416 e. The minimum absolute atomic E-state index is 0.0774. The number of esters is 1. The van der Waals surface area contributed by atoms with E-state index >= 15 is 0 Å². The third-order valence-electron chi connectivity index (χ3n) is 3.53. The van der Waals surface area contributed by atoms with Gasteiger partial charge >= 0.3 is 12.1 Å². The standard InChI is InChI=1S/C17H14F3N3O2S/c1-23-9-11(8-21-23)5-6-25-16(24)14-10-26-15(22-14)12-3-2-4-13(7-12)17(18,19)20/h2-4,7-10H,5-6H2,1H3. The van der Waals surface area contributed by atoms with Crippen LogP contribution in [0.4, 0.5) is 13.2 Å². The molecule has 2 heterocycles. The Hall–Kier alpha value is -2.68. The number of carbonyl (C=O) groups is 1. The van der Waals surface area contributed by atoms with Crippen molar-refractivity contribution in [1.82, 2.24) is 14.8 Å². The molecule has 26 heavy (non-hydrogen) atoms. The Morgan fingerprint density at radius 1 is 1.35 bits per heavy atom. The molecule has 0 bridgehead atoms. The van der Waals surface area contributed by atoms with Crippen molar-refractivity contribution in [3.05, 3.63) is 58.9 Å². The molecule has 3 aromatic rings. The van der Waals surface area contributed by atoms with E-state index in [4.69, 9.17) is 4.74 Å². The molecule has 2 aromatic heterocycles. The van der Waals surface area contributed by atoms with Crippen LogP contribution in [0.3, 0.4) is 0 Å². The lowest BCUT2D eigenvalue weighted by Gasteiger charge is -2.07. The van der Waals surface area contributed by atoms with Gasteiger partial charge in [0.05, 0.1) is 18.4 Å². The van der Waals surface area contributed by atoms with E-state index < -0.39 is 17.7 Å². The van der Waals surface area contributed by atoms with Gasteiger partial charge in [0.1, 0.15) is 5.01 Å². The predicted molar refractivity (Wildman–Crippen MR) is 89.7 cm³/mol. The molecule has 0 spiro atoms. The van der Waals surface area contributed by atoms with Gasteiger partial charge in [0.15, 0.2) is 5.69 Å². The summed E-state index contributed by atoms with van der Waals surface area (Å²) in [5.41, 5.74) is 0.557. The van der Waals surface area contributed by atoms with Gasteiger partial charge in [-0.15, -0.1) is 11.3 Å². The van der Waals surface area contributed by atoms with Crippen molar-refractivity contribution >= 4 is 17.3 Å². The third kappa shape index (κ3) is 4.29. The van der Waals surface area contributed by atoms with Crippen molar-refractivity contribution in [2.75, 3.05) is 6.61 Å². The highest BCUT2D eigenvalue weighted by Crippen LogP contribution is 2.33. The first-order valence-electron chi connectivity index (χ1n) is 7.61. The summed E-state index contributed by atoms with van der Waals surface area (Å²) in [4.78, 5) is 16.1. The van der Waals surface area contributed by atoms with Gasteiger partial charge in [-0.3, -0.25) is 4.68 Å². The topological polar surface area (TPSA) is 57.0 Å². The molecule has 0 saturated carbocycles. The molecule has 0 aliphatic heterocycles. The first-order chi connectivity index (χ1) is 12.3. The van der Waals surface area contributed by atoms with Gasteiger partial charge in [-0.25, -0.2) is 9.78 Å². The second-order valence-corrected chi connectivity index (χ2v) is 6.38. The maximum absolute atomic E-state index is 12.8. The van der Waals surface area contributed by atoms with Crippen LogP contribution in [0.25, 0.3) is 10.6 Å². The summed E-state index contributed by atoms with van der Waals surface area (Å²) < 4.78 is 45.2. The van der Waals surface area contributed by atoms with Crippen LogP contribution >= 0.6 is 11.3 Å². The van der Waals surface area contributed by atoms with E-state index in [2.05, 4.69) is 10.1 Å². The van der Waals surface area contributed by atoms with Gasteiger partial charge in [-0.1, -0.05) is 12.1 Å². The fourth-order valence-electron chi connectivity index (χ4n) is 2.27. The van der Waals surface area contributed by atoms with Gasteiger partial charge in [-0.05, 0) is 17.7 Å². The van der Waals surface area contributed by atoms with Crippen LogP contribution in [0.1, 0.15) is 21.6 Å². The highest BCUT2D eigenvalue weighted by molar-refractivity contribution is 7.13. The molecule has 9 heteroatoms. The molecular weight excluding hydrogens is 367 g/mol. The van der Waals surface area contributed by atoms with Crippen LogP contribution in [0, 0.1) is 0 Å². The number of thiazole rings is 1. The molecule has 136 valence electrons. The Labute approximate surface area is 151 Å². The monoisotopic (exact) mass is 381 g/mol. The summed E-state index contributed by atoms with van der Waals surface area (Å²) in [6.45, 7) is 0.168. The van der Waals surface area contributed by atoms with E-state index in [9.17, 15) is 18.0 Å². The van der Waals surface area contributed by atoms with Gasteiger partial charge in [0, 0.05) is 30.6 Å². The van der Waals surface area contributed by atoms with Crippen LogP contribution in [0.5, 0.6) is 0 Å². The average molecular weight is 381 g/mol. The van der Waals surface area contributed by atoms with Crippen molar-refractivity contribution in [3.8, 4) is 10.6 Å². The van der Waals surface area contributed by atoms with Crippen molar-refractivity contribution in [3.63, 3.8) is 0 Å². The molecule has 0 fully saturated rings. The van der Waals surface area contributed by atoms with Crippen LogP contribution in [0.15, 0.2) is 42.0 Å². The minimum Gasteiger partial charge on any atom is -0.461 e. The summed E-state index contributed by atoms with van der Waals surface area (Å²) >= 11 is 1.09. The number of aromatic nitrogens is 3. The summed E-state index contributed by atoms with van der Waals surface area (Å²) in [6.07, 6.45) is -0.406. The number of halogens is 3. The molecule has 1 aromatic carbocycles. The molecule has 0 unspecified atom stereocenters. The largest absolute Gasteiger partial charge is 0.461 e. The van der Waals surface area contributed by atoms with E-state index in [1.54, 1.807) is 17.9 Å². The highest BCUT2D eigenvalue weighted by atomic mass is 32.1. The molecule has 0 radical (unpaired) electrons. The van der Waals surface area contributed by atoms with Crippen LogP contribution in [-0.2, 0) is 24.4 Å². The molecule has 3 rings (SSSR count). The van der Waals surface area contributed by atoms with Gasteiger partial charge < -0.3 is 4.74 Å². The zero-order valence-electron chi connectivity index (χ0n) is 13.7. The minimum atomic E-state index is -4.43. The van der Waals surface area contributed by atoms with Gasteiger partial charge in [0.25, 0.3) is 0 Å². The highest BCUT2D eigenvalue weighted by Gasteiger charge is 2.30. The van der Waals surface area contributed by atoms with Crippen LogP contribution in [-0.4, -0.2) is 27.3 Å². The number of hydrogen-bond donors (Lipinski definition) is 0. The second kappa shape index (κ2) is 7.28. The van der Waals surface area contributed by atoms with E-state index in [-0.39, 0.29) is 12.3 Å². The number of nitrogens with zero attached hydrogens (tertiary/aromatic N) is 3. The number of rotatable bonds is 5. The van der Waals surface area contributed by atoms with Crippen LogP contribution in [0.2, 0.25) is 0 Å². The zero-order valence-corrected chi connectivity index (χ0v) is 14.5. The fourth-order valence-corrected chi connectivity index (χ4v) is 3.05. The number of hydrogen-bond acceptors (Lipinski definition) is 5. The van der Waals surface area contributed by atoms with Crippen molar-refractivity contribution in [1.29, 1.82) is 0 Å². The van der Waals surface area contributed by atoms with E-state index in [0.717, 1.165) is 29.0 Å². The number of alkyl halides is 3. The lowest BCUT2D eigenvalue weighted by molar-refractivity contribution is -0.137. The molecular formula is C17H14F3N3O2S. The average Bonchev–Trinajstić information content (AvgIpc) is 3.23. The number of benzene rings is 1. The quantitative estimate of drug-likeness (QED) is 0.628. The lowest BCUT2D eigenvalue weighted by Crippen LogP contribution is -2.08. The summed E-state index contributed by atoms with van der Waals surface area (Å²) in [5.74, 6) is -0.608. The van der Waals surface area contributed by atoms with E-state index in [1.807, 2.05) is 6.20 Å². The Morgan fingerprint density at radius 2 is 2.15 bits per heavy atom. The normalized spacial score (nSPS) is 11.5. The van der Waals surface area contributed by atoms with E-state index in [0.29, 0.717) is 17.0 Å². The fraction of sp³-hybridized carbons (Fsp3) is 0.235. The Bertz CT molecular complexity index is 918. The maximum Gasteiger partial charge on any atom is 0.416 e. The van der Waals surface area contributed by atoms with Gasteiger partial charge in [0.2, 0.25) is 0 Å². The van der Waals surface area contributed by atoms with Crippen molar-refractivity contribution in [2.24, 2.45) is 7.05 Å². The Morgan fingerprint density at radius 3 is 2.85 bits per heavy atom. The number of carbonyl (C=O) groups excluding carboxylic acids is 1. The summed E-state index contributed by atoms with van der Waals surface area (Å²) in [6, 6.07) is 4.83. The Kier molecular flexibility index (Phi) is 5.08. The van der Waals surface area contributed by atoms with E-state index in [1.165, 1.54) is 17.5 Å². The molecule has 5 nitrogen and oxygen atoms in total. The number of ether oxygens (including phenoxy) is 1. The van der Waals surface area contributed by atoms with Crippen LogP contribution < -0.4 is 0 Å². The third-order valence-corrected chi connectivity index (χ3v) is 4.42. The van der Waals surface area contributed by atoms with Crippen molar-refractivity contribution in [2.45, 2.75) is 12.6 Å². The van der Waals surface area contributed by atoms with Crippen molar-refractivity contribution < 1.29 is 22.7 Å². The zero-order chi connectivity index (χ0) is 18.7. The molecule has 0 atom stereocenters. The Balaban J connectivity index is 1.64. The lowest BCUT2D eigenvalue weighted by atomic mass is 10.1. The second-order valence-electron chi connectivity index (χ2n) is 5.52. The molecule has 0 aliphatic rings. The first-order valence-corrected chi connectivity index (χ1v) is 8.49. The number of aryl methyl sites for hydroxylation is 1. The summed E-state index contributed by atoms with van der Waals surface area (Å²) in [7, 11) is 1.79. The molecule has 0 saturated heterocycles.